The van der Waals surface area contributed by atoms with Gasteiger partial charge in [-0.15, -0.1) is 0 Å². The average Bonchev–Trinajstić information content (AvgIpc) is 2.94. The fourth-order valence-electron chi connectivity index (χ4n) is 7.60. The van der Waals surface area contributed by atoms with Crippen LogP contribution < -0.4 is 4.90 Å². The molecule has 4 fully saturated rings. The Labute approximate surface area is 228 Å². The molecule has 6 rings (SSSR count). The highest BCUT2D eigenvalue weighted by Crippen LogP contribution is 2.62. The molecule has 3 saturated carbocycles. The number of fused-ring (bicyclic) bond motifs is 2. The van der Waals surface area contributed by atoms with Gasteiger partial charge in [-0.2, -0.15) is 0 Å². The Kier molecular flexibility index (Phi) is 7.83. The number of carbonyl (C=O) groups is 2. The van der Waals surface area contributed by atoms with Gasteiger partial charge in [0.1, 0.15) is 0 Å². The van der Waals surface area contributed by atoms with Crippen LogP contribution in [-0.2, 0) is 16.0 Å². The third kappa shape index (κ3) is 5.21. The fourth-order valence-corrected chi connectivity index (χ4v) is 7.60. The number of benzene rings is 2. The molecule has 1 amide bonds. The topological polar surface area (TPSA) is 49.9 Å². The third-order valence-corrected chi connectivity index (χ3v) is 10.0. The molecule has 0 N–H and O–H groups in total. The summed E-state index contributed by atoms with van der Waals surface area (Å²) in [4.78, 5) is 30.7. The smallest absolute Gasteiger partial charge is 0.338 e. The number of anilines is 1. The van der Waals surface area contributed by atoms with E-state index < -0.39 is 0 Å². The Morgan fingerprint density at radius 3 is 2.29 bits per heavy atom. The number of amides is 1. The van der Waals surface area contributed by atoms with E-state index in [1.54, 1.807) is 0 Å². The Morgan fingerprint density at radius 2 is 1.68 bits per heavy atom. The molecular weight excluding hydrogens is 472 g/mol. The van der Waals surface area contributed by atoms with E-state index in [0.29, 0.717) is 53.8 Å². The van der Waals surface area contributed by atoms with Crippen LogP contribution in [0.3, 0.4) is 0 Å². The van der Waals surface area contributed by atoms with Crippen LogP contribution in [-0.4, -0.2) is 48.6 Å². The Hall–Kier alpha value is -2.82. The first-order valence-electron chi connectivity index (χ1n) is 14.7. The van der Waals surface area contributed by atoms with Gasteiger partial charge in [0.2, 0.25) is 5.91 Å². The van der Waals surface area contributed by atoms with Crippen molar-refractivity contribution in [3.05, 3.63) is 65.7 Å². The second kappa shape index (κ2) is 11.1. The zero-order chi connectivity index (χ0) is 26.9. The minimum absolute atomic E-state index is 0.273. The molecule has 0 aromatic heterocycles. The van der Waals surface area contributed by atoms with Crippen molar-refractivity contribution in [3.63, 3.8) is 0 Å². The standard InChI is InChI=1S/C33H44N2O3/c1-5-38-32(37)25-12-14-27(15-13-25)34-19-17-28(18-20-34)35(31(36)16-11-24-9-7-6-8-10-24)30-22-26-21-29(23(30)2)33(26,3)4/h6-10,12-15,23,26,28-30H,5,11,16-22H2,1-4H3/t23-,26+,29-,30-/m0/s1. The molecule has 0 spiro atoms. The first-order valence-corrected chi connectivity index (χ1v) is 14.7. The zero-order valence-electron chi connectivity index (χ0n) is 23.6. The maximum atomic E-state index is 13.9. The van der Waals surface area contributed by atoms with E-state index in [1.807, 2.05) is 37.3 Å². The molecule has 2 aromatic carbocycles. The maximum Gasteiger partial charge on any atom is 0.338 e. The van der Waals surface area contributed by atoms with Crippen LogP contribution in [0.4, 0.5) is 5.69 Å². The van der Waals surface area contributed by atoms with Gasteiger partial charge in [-0.25, -0.2) is 4.79 Å². The number of ether oxygens (including phenoxy) is 1. The molecule has 38 heavy (non-hydrogen) atoms. The number of piperidine rings is 1. The van der Waals surface area contributed by atoms with Crippen LogP contribution in [0.1, 0.15) is 75.7 Å². The fraction of sp³-hybridized carbons (Fsp3) is 0.576. The second-order valence-corrected chi connectivity index (χ2v) is 12.3. The monoisotopic (exact) mass is 516 g/mol. The molecule has 5 heteroatoms. The lowest BCUT2D eigenvalue weighted by molar-refractivity contribution is -0.164. The molecule has 2 bridgehead atoms. The quantitative estimate of drug-likeness (QED) is 0.383. The van der Waals surface area contributed by atoms with Crippen molar-refractivity contribution in [2.75, 3.05) is 24.6 Å². The van der Waals surface area contributed by atoms with Gasteiger partial charge in [0, 0.05) is 37.3 Å². The molecule has 1 aliphatic heterocycles. The lowest BCUT2D eigenvalue weighted by atomic mass is 9.44. The number of hydrogen-bond acceptors (Lipinski definition) is 4. The summed E-state index contributed by atoms with van der Waals surface area (Å²) in [5.74, 6) is 2.06. The number of esters is 1. The van der Waals surface area contributed by atoms with Gasteiger partial charge < -0.3 is 14.5 Å². The molecule has 4 aliphatic rings. The van der Waals surface area contributed by atoms with Crippen LogP contribution in [0.25, 0.3) is 0 Å². The summed E-state index contributed by atoms with van der Waals surface area (Å²) in [5, 5.41) is 0. The van der Waals surface area contributed by atoms with E-state index in [0.717, 1.165) is 50.4 Å². The normalized spacial score (nSPS) is 26.4. The molecule has 0 unspecified atom stereocenters. The highest BCUT2D eigenvalue weighted by atomic mass is 16.5. The number of hydrogen-bond donors (Lipinski definition) is 0. The van der Waals surface area contributed by atoms with Crippen molar-refractivity contribution < 1.29 is 14.3 Å². The Bertz CT molecular complexity index is 1100. The predicted molar refractivity (Wildman–Crippen MR) is 152 cm³/mol. The van der Waals surface area contributed by atoms with E-state index >= 15 is 0 Å². The zero-order valence-corrected chi connectivity index (χ0v) is 23.6. The highest BCUT2D eigenvalue weighted by molar-refractivity contribution is 5.89. The Balaban J connectivity index is 1.27. The summed E-state index contributed by atoms with van der Waals surface area (Å²) in [6.45, 7) is 11.3. The van der Waals surface area contributed by atoms with E-state index in [9.17, 15) is 9.59 Å². The van der Waals surface area contributed by atoms with Crippen molar-refractivity contribution in [2.24, 2.45) is 23.2 Å². The van der Waals surface area contributed by atoms with Gasteiger partial charge in [0.05, 0.1) is 12.2 Å². The number of carbonyl (C=O) groups excluding carboxylic acids is 2. The van der Waals surface area contributed by atoms with Crippen LogP contribution in [0.5, 0.6) is 0 Å². The van der Waals surface area contributed by atoms with Gasteiger partial charge in [0.25, 0.3) is 0 Å². The molecule has 1 saturated heterocycles. The van der Waals surface area contributed by atoms with Crippen molar-refractivity contribution in [3.8, 4) is 0 Å². The molecule has 5 nitrogen and oxygen atoms in total. The Morgan fingerprint density at radius 1 is 1.00 bits per heavy atom. The molecule has 3 aliphatic carbocycles. The van der Waals surface area contributed by atoms with Crippen LogP contribution in [0, 0.1) is 23.2 Å². The summed E-state index contributed by atoms with van der Waals surface area (Å²) in [6, 6.07) is 18.8. The lowest BCUT2D eigenvalue weighted by Gasteiger charge is -2.64. The molecule has 2 aromatic rings. The molecule has 4 atom stereocenters. The summed E-state index contributed by atoms with van der Waals surface area (Å²) < 4.78 is 5.12. The second-order valence-electron chi connectivity index (χ2n) is 12.3. The van der Waals surface area contributed by atoms with E-state index in [-0.39, 0.29) is 5.97 Å². The molecule has 1 heterocycles. The minimum atomic E-state index is -0.273. The van der Waals surface area contributed by atoms with Gasteiger partial charge in [0.15, 0.2) is 0 Å². The molecular formula is C33H44N2O3. The largest absolute Gasteiger partial charge is 0.462 e. The summed E-state index contributed by atoms with van der Waals surface area (Å²) in [5.41, 5.74) is 3.37. The molecule has 0 radical (unpaired) electrons. The van der Waals surface area contributed by atoms with Crippen LogP contribution >= 0.6 is 0 Å². The van der Waals surface area contributed by atoms with Gasteiger partial charge in [-0.05, 0) is 92.0 Å². The van der Waals surface area contributed by atoms with Gasteiger partial charge in [-0.1, -0.05) is 51.1 Å². The molecule has 204 valence electrons. The summed E-state index contributed by atoms with van der Waals surface area (Å²) >= 11 is 0. The number of rotatable bonds is 8. The van der Waals surface area contributed by atoms with Crippen molar-refractivity contribution in [1.29, 1.82) is 0 Å². The van der Waals surface area contributed by atoms with Gasteiger partial charge >= 0.3 is 5.97 Å². The predicted octanol–water partition coefficient (Wildman–Crippen LogP) is 6.36. The first-order chi connectivity index (χ1) is 18.3. The third-order valence-electron chi connectivity index (χ3n) is 10.0. The van der Waals surface area contributed by atoms with Crippen LogP contribution in [0.2, 0.25) is 0 Å². The van der Waals surface area contributed by atoms with Crippen molar-refractivity contribution >= 4 is 17.6 Å². The summed E-state index contributed by atoms with van der Waals surface area (Å²) in [7, 11) is 0. The van der Waals surface area contributed by atoms with Crippen molar-refractivity contribution in [1.82, 2.24) is 4.90 Å². The van der Waals surface area contributed by atoms with E-state index in [2.05, 4.69) is 54.8 Å². The summed E-state index contributed by atoms with van der Waals surface area (Å²) in [6.07, 6.45) is 5.84. The van der Waals surface area contributed by atoms with E-state index in [1.165, 1.54) is 12.0 Å². The maximum absolute atomic E-state index is 13.9. The van der Waals surface area contributed by atoms with Crippen LogP contribution in [0.15, 0.2) is 54.6 Å². The lowest BCUT2D eigenvalue weighted by Crippen LogP contribution is -2.64. The number of nitrogens with zero attached hydrogens (tertiary/aromatic N) is 2. The van der Waals surface area contributed by atoms with Gasteiger partial charge in [-0.3, -0.25) is 4.79 Å². The van der Waals surface area contributed by atoms with E-state index in [4.69, 9.17) is 4.74 Å². The van der Waals surface area contributed by atoms with Crippen molar-refractivity contribution in [2.45, 2.75) is 78.3 Å². The minimum Gasteiger partial charge on any atom is -0.462 e. The highest BCUT2D eigenvalue weighted by Gasteiger charge is 2.58. The SMILES string of the molecule is CCOC(=O)c1ccc(N2CCC(N(C(=O)CCc3ccccc3)[C@H]3C[C@H]4C[C@@H]([C@@H]3C)C4(C)C)CC2)cc1. The number of aryl methyl sites for hydroxylation is 1. The first kappa shape index (κ1) is 26.8. The average molecular weight is 517 g/mol.